The molecule has 2 aromatic rings. The van der Waals surface area contributed by atoms with Gasteiger partial charge in [-0.2, -0.15) is 0 Å². The first-order valence-corrected chi connectivity index (χ1v) is 7.13. The van der Waals surface area contributed by atoms with Crippen molar-refractivity contribution in [2.75, 3.05) is 0 Å². The zero-order chi connectivity index (χ0) is 16.4. The van der Waals surface area contributed by atoms with E-state index in [4.69, 9.17) is 4.42 Å². The lowest BCUT2D eigenvalue weighted by Crippen LogP contribution is -2.43. The molecule has 3 rings (SSSR count). The fourth-order valence-electron chi connectivity index (χ4n) is 2.39. The van der Waals surface area contributed by atoms with Crippen molar-refractivity contribution in [3.8, 4) is 0 Å². The molecule has 0 bridgehead atoms. The highest BCUT2D eigenvalue weighted by molar-refractivity contribution is 6.00. The third-order valence-corrected chi connectivity index (χ3v) is 3.44. The van der Waals surface area contributed by atoms with E-state index in [1.165, 1.54) is 12.1 Å². The second kappa shape index (κ2) is 6.13. The average molecular weight is 308 g/mol. The summed E-state index contributed by atoms with van der Waals surface area (Å²) >= 11 is 0. The summed E-state index contributed by atoms with van der Waals surface area (Å²) in [7, 11) is 0. The first kappa shape index (κ1) is 15.9. The Hall–Kier alpha value is -2.44. The number of hydrogen-bond donors (Lipinski definition) is 1. The van der Waals surface area contributed by atoms with Crippen molar-refractivity contribution >= 4 is 22.9 Å². The van der Waals surface area contributed by atoms with Crippen LogP contribution in [0.1, 0.15) is 38.3 Å². The number of amides is 2. The molecule has 2 heterocycles. The van der Waals surface area contributed by atoms with Gasteiger partial charge in [0.1, 0.15) is 6.04 Å². The van der Waals surface area contributed by atoms with Crippen LogP contribution < -0.4 is 11.1 Å². The van der Waals surface area contributed by atoms with Gasteiger partial charge in [-0.05, 0) is 25.0 Å². The maximum absolute atomic E-state index is 13.9. The lowest BCUT2D eigenvalue weighted by atomic mass is 10.1. The number of benzene rings is 1. The van der Waals surface area contributed by atoms with E-state index in [0.29, 0.717) is 5.56 Å². The quantitative estimate of drug-likeness (QED) is 0.817. The zero-order valence-electron chi connectivity index (χ0n) is 12.6. The summed E-state index contributed by atoms with van der Waals surface area (Å²) in [6.07, 6.45) is 0.318. The van der Waals surface area contributed by atoms with Crippen molar-refractivity contribution in [2.24, 2.45) is 0 Å². The molecule has 6 nitrogen and oxygen atoms in total. The lowest BCUT2D eigenvalue weighted by Gasteiger charge is -2.21. The molecule has 1 aliphatic rings. The summed E-state index contributed by atoms with van der Waals surface area (Å²) in [6, 6.07) is 2.18. The number of fused-ring (bicyclic) bond motifs is 1. The normalized spacial score (nSPS) is 17.9. The molecule has 1 fully saturated rings. The molecule has 0 saturated carbocycles. The van der Waals surface area contributed by atoms with Crippen molar-refractivity contribution in [3.05, 3.63) is 34.1 Å². The Labute approximate surface area is 125 Å². The number of oxazole rings is 1. The van der Waals surface area contributed by atoms with Gasteiger partial charge >= 0.3 is 5.76 Å². The topological polar surface area (TPSA) is 81.3 Å². The molecule has 1 N–H and O–H groups in total. The van der Waals surface area contributed by atoms with Crippen LogP contribution in [0.25, 0.3) is 11.1 Å². The van der Waals surface area contributed by atoms with E-state index < -0.39 is 23.5 Å². The monoisotopic (exact) mass is 308 g/mol. The molecule has 2 amide bonds. The molecule has 1 aliphatic heterocycles. The lowest BCUT2D eigenvalue weighted by molar-refractivity contribution is -0.135. The largest absolute Gasteiger partial charge is 0.420 e. The first-order chi connectivity index (χ1) is 10.5. The summed E-state index contributed by atoms with van der Waals surface area (Å²) in [5.41, 5.74) is 0.397. The van der Waals surface area contributed by atoms with Crippen LogP contribution in [0, 0.1) is 12.7 Å². The second-order valence-corrected chi connectivity index (χ2v) is 4.75. The standard InChI is InChI=1S/C13H11FN2O4.C2H6/c1-6-2-3-7-11(10(6)14)20-13(19)16(7)8-4-5-9(17)15-12(8)18;1-2/h2-3,8H,4-5H2,1H3,(H,15,17,18);1-2H3. The van der Waals surface area contributed by atoms with Gasteiger partial charge in [0.05, 0.1) is 5.52 Å². The Kier molecular flexibility index (Phi) is 4.44. The van der Waals surface area contributed by atoms with Gasteiger partial charge in [-0.25, -0.2) is 9.18 Å². The van der Waals surface area contributed by atoms with E-state index in [1.54, 1.807) is 6.92 Å². The van der Waals surface area contributed by atoms with Crippen LogP contribution in [0.5, 0.6) is 0 Å². The molecule has 1 atom stereocenters. The Morgan fingerprint density at radius 3 is 2.59 bits per heavy atom. The van der Waals surface area contributed by atoms with Crippen molar-refractivity contribution < 1.29 is 18.4 Å². The molecule has 1 saturated heterocycles. The van der Waals surface area contributed by atoms with Crippen molar-refractivity contribution in [3.63, 3.8) is 0 Å². The minimum Gasteiger partial charge on any atom is -0.405 e. The molecule has 22 heavy (non-hydrogen) atoms. The number of carbonyl (C=O) groups excluding carboxylic acids is 2. The SMILES string of the molecule is CC.Cc1ccc2c(oc(=O)n2C2CCC(=O)NC2=O)c1F. The number of carbonyl (C=O) groups is 2. The van der Waals surface area contributed by atoms with Crippen LogP contribution in [0.2, 0.25) is 0 Å². The van der Waals surface area contributed by atoms with Crippen molar-refractivity contribution in [2.45, 2.75) is 39.7 Å². The van der Waals surface area contributed by atoms with Crippen LogP contribution in [0.4, 0.5) is 4.39 Å². The van der Waals surface area contributed by atoms with E-state index >= 15 is 0 Å². The maximum Gasteiger partial charge on any atom is 0.420 e. The fourth-order valence-corrected chi connectivity index (χ4v) is 2.39. The Bertz CT molecular complexity index is 791. The van der Waals surface area contributed by atoms with E-state index in [9.17, 15) is 18.8 Å². The zero-order valence-corrected chi connectivity index (χ0v) is 12.6. The molecular formula is C15H17FN2O4. The van der Waals surface area contributed by atoms with Gasteiger partial charge < -0.3 is 4.42 Å². The van der Waals surface area contributed by atoms with Gasteiger partial charge in [0, 0.05) is 6.42 Å². The Morgan fingerprint density at radius 2 is 1.95 bits per heavy atom. The number of nitrogens with zero attached hydrogens (tertiary/aromatic N) is 1. The molecule has 1 aromatic heterocycles. The van der Waals surface area contributed by atoms with Crippen LogP contribution in [-0.4, -0.2) is 16.4 Å². The molecule has 1 unspecified atom stereocenters. The van der Waals surface area contributed by atoms with Gasteiger partial charge in [0.2, 0.25) is 11.8 Å². The fraction of sp³-hybridized carbons (Fsp3) is 0.400. The molecule has 0 spiro atoms. The van der Waals surface area contributed by atoms with Crippen LogP contribution in [0.3, 0.4) is 0 Å². The minimum absolute atomic E-state index is 0.129. The summed E-state index contributed by atoms with van der Waals surface area (Å²) in [4.78, 5) is 34.9. The Morgan fingerprint density at radius 1 is 1.27 bits per heavy atom. The summed E-state index contributed by atoms with van der Waals surface area (Å²) in [5.74, 6) is -2.38. The third kappa shape index (κ3) is 2.54. The predicted octanol–water partition coefficient (Wildman–Crippen LogP) is 2.05. The summed E-state index contributed by atoms with van der Waals surface area (Å²) in [5, 5.41) is 2.16. The maximum atomic E-state index is 13.9. The molecule has 1 aromatic carbocycles. The van der Waals surface area contributed by atoms with Crippen LogP contribution in [0.15, 0.2) is 21.3 Å². The third-order valence-electron chi connectivity index (χ3n) is 3.44. The van der Waals surface area contributed by atoms with Crippen molar-refractivity contribution in [1.82, 2.24) is 9.88 Å². The highest BCUT2D eigenvalue weighted by atomic mass is 19.1. The average Bonchev–Trinajstić information content (AvgIpc) is 2.83. The smallest absolute Gasteiger partial charge is 0.405 e. The molecule has 7 heteroatoms. The molecule has 0 radical (unpaired) electrons. The highest BCUT2D eigenvalue weighted by Gasteiger charge is 2.31. The summed E-state index contributed by atoms with van der Waals surface area (Å²) < 4.78 is 19.9. The summed E-state index contributed by atoms with van der Waals surface area (Å²) in [6.45, 7) is 5.55. The molecular weight excluding hydrogens is 291 g/mol. The van der Waals surface area contributed by atoms with E-state index in [2.05, 4.69) is 5.32 Å². The van der Waals surface area contributed by atoms with E-state index in [-0.39, 0.29) is 29.8 Å². The number of imide groups is 1. The number of nitrogens with one attached hydrogen (secondary N) is 1. The van der Waals surface area contributed by atoms with Crippen LogP contribution in [-0.2, 0) is 9.59 Å². The van der Waals surface area contributed by atoms with Gasteiger partial charge in [0.25, 0.3) is 0 Å². The predicted molar refractivity (Wildman–Crippen MR) is 77.9 cm³/mol. The number of rotatable bonds is 1. The van der Waals surface area contributed by atoms with Gasteiger partial charge in [0.15, 0.2) is 11.4 Å². The number of halogens is 1. The van der Waals surface area contributed by atoms with Crippen molar-refractivity contribution in [1.29, 1.82) is 0 Å². The second-order valence-electron chi connectivity index (χ2n) is 4.75. The van der Waals surface area contributed by atoms with Gasteiger partial charge in [-0.3, -0.25) is 19.5 Å². The molecule has 118 valence electrons. The van der Waals surface area contributed by atoms with Gasteiger partial charge in [-0.15, -0.1) is 0 Å². The van der Waals surface area contributed by atoms with E-state index in [1.807, 2.05) is 13.8 Å². The number of aryl methyl sites for hydroxylation is 1. The highest BCUT2D eigenvalue weighted by Crippen LogP contribution is 2.25. The Balaban J connectivity index is 0.000000847. The first-order valence-electron chi connectivity index (χ1n) is 7.13. The molecule has 0 aliphatic carbocycles. The number of aromatic nitrogens is 1. The van der Waals surface area contributed by atoms with E-state index in [0.717, 1.165) is 4.57 Å². The number of hydrogen-bond acceptors (Lipinski definition) is 4. The minimum atomic E-state index is -0.858. The van der Waals surface area contributed by atoms with Gasteiger partial charge in [-0.1, -0.05) is 19.9 Å². The van der Waals surface area contributed by atoms with Crippen LogP contribution >= 0.6 is 0 Å². The number of piperidine rings is 1.